The fourth-order valence-corrected chi connectivity index (χ4v) is 2.12. The molecule has 1 amide bonds. The number of aryl methyl sites for hydroxylation is 1. The molecule has 0 saturated carbocycles. The van der Waals surface area contributed by atoms with Crippen LogP contribution in [0.25, 0.3) is 11.1 Å². The smallest absolute Gasteiger partial charge is 0.255 e. The molecule has 1 N–H and O–H groups in total. The zero-order chi connectivity index (χ0) is 14.1. The lowest BCUT2D eigenvalue weighted by Crippen LogP contribution is -2.11. The minimum atomic E-state index is -0.236. The number of nitrogens with one attached hydrogen (secondary N) is 1. The Morgan fingerprint density at radius 1 is 1.25 bits per heavy atom. The number of oxazole rings is 1. The maximum absolute atomic E-state index is 12.2. The van der Waals surface area contributed by atoms with Crippen LogP contribution in [-0.4, -0.2) is 10.9 Å². The molecular formula is C15H11ClN2O2. The van der Waals surface area contributed by atoms with Crippen molar-refractivity contribution < 1.29 is 9.21 Å². The Labute approximate surface area is 120 Å². The van der Waals surface area contributed by atoms with Crippen molar-refractivity contribution in [3.8, 4) is 0 Å². The molecule has 0 aliphatic carbocycles. The lowest BCUT2D eigenvalue weighted by atomic mass is 10.2. The fourth-order valence-electron chi connectivity index (χ4n) is 1.94. The lowest BCUT2D eigenvalue weighted by molar-refractivity contribution is 0.102. The fraction of sp³-hybridized carbons (Fsp3) is 0.0667. The summed E-state index contributed by atoms with van der Waals surface area (Å²) in [5.41, 5.74) is 2.41. The molecule has 1 heterocycles. The normalized spacial score (nSPS) is 10.7. The Kier molecular flexibility index (Phi) is 3.16. The first-order valence-electron chi connectivity index (χ1n) is 6.06. The zero-order valence-electron chi connectivity index (χ0n) is 10.7. The van der Waals surface area contributed by atoms with Crippen LogP contribution in [0, 0.1) is 6.92 Å². The van der Waals surface area contributed by atoms with E-state index in [2.05, 4.69) is 10.3 Å². The molecule has 0 spiro atoms. The first-order valence-corrected chi connectivity index (χ1v) is 6.44. The van der Waals surface area contributed by atoms with Gasteiger partial charge in [0.1, 0.15) is 5.52 Å². The summed E-state index contributed by atoms with van der Waals surface area (Å²) < 4.78 is 5.38. The van der Waals surface area contributed by atoms with Crippen molar-refractivity contribution in [2.24, 2.45) is 0 Å². The van der Waals surface area contributed by atoms with E-state index in [-0.39, 0.29) is 5.91 Å². The molecule has 5 heteroatoms. The van der Waals surface area contributed by atoms with E-state index in [0.717, 1.165) is 0 Å². The minimum Gasteiger partial charge on any atom is -0.441 e. The van der Waals surface area contributed by atoms with E-state index in [1.165, 1.54) is 0 Å². The summed E-state index contributed by atoms with van der Waals surface area (Å²) in [6, 6.07) is 12.2. The van der Waals surface area contributed by atoms with Crippen LogP contribution in [0.3, 0.4) is 0 Å². The van der Waals surface area contributed by atoms with Crippen molar-refractivity contribution in [3.05, 3.63) is 58.9 Å². The highest BCUT2D eigenvalue weighted by Gasteiger charge is 2.10. The topological polar surface area (TPSA) is 55.1 Å². The number of fused-ring (bicyclic) bond motifs is 1. The van der Waals surface area contributed by atoms with Gasteiger partial charge in [0.05, 0.1) is 10.7 Å². The molecule has 100 valence electrons. The van der Waals surface area contributed by atoms with Crippen molar-refractivity contribution >= 4 is 34.3 Å². The zero-order valence-corrected chi connectivity index (χ0v) is 11.4. The molecule has 0 fully saturated rings. The molecule has 20 heavy (non-hydrogen) atoms. The standard InChI is InChI=1S/C15H11ClN2O2/c1-9-17-13-8-10(6-7-14(13)20-9)15(19)18-12-5-3-2-4-11(12)16/h2-8H,1H3,(H,18,19). The van der Waals surface area contributed by atoms with Gasteiger partial charge >= 0.3 is 0 Å². The third-order valence-corrected chi connectivity index (χ3v) is 3.21. The number of amides is 1. The van der Waals surface area contributed by atoms with Crippen LogP contribution in [-0.2, 0) is 0 Å². The molecular weight excluding hydrogens is 276 g/mol. The van der Waals surface area contributed by atoms with Gasteiger partial charge in [-0.05, 0) is 30.3 Å². The second kappa shape index (κ2) is 4.98. The Morgan fingerprint density at radius 3 is 2.85 bits per heavy atom. The number of carbonyl (C=O) groups is 1. The molecule has 0 saturated heterocycles. The van der Waals surface area contributed by atoms with Gasteiger partial charge < -0.3 is 9.73 Å². The van der Waals surface area contributed by atoms with Crippen molar-refractivity contribution in [1.29, 1.82) is 0 Å². The second-order valence-electron chi connectivity index (χ2n) is 4.35. The average Bonchev–Trinajstić information content (AvgIpc) is 2.80. The number of anilines is 1. The predicted octanol–water partition coefficient (Wildman–Crippen LogP) is 4.04. The molecule has 0 bridgehead atoms. The van der Waals surface area contributed by atoms with Crippen molar-refractivity contribution in [1.82, 2.24) is 4.98 Å². The SMILES string of the molecule is Cc1nc2cc(C(=O)Nc3ccccc3Cl)ccc2o1. The number of carbonyl (C=O) groups excluding carboxylic acids is 1. The summed E-state index contributed by atoms with van der Waals surface area (Å²) in [6.07, 6.45) is 0. The molecule has 4 nitrogen and oxygen atoms in total. The largest absolute Gasteiger partial charge is 0.441 e. The number of rotatable bonds is 2. The molecule has 2 aromatic carbocycles. The van der Waals surface area contributed by atoms with Crippen LogP contribution in [0.5, 0.6) is 0 Å². The van der Waals surface area contributed by atoms with Gasteiger partial charge in [0, 0.05) is 12.5 Å². The number of halogens is 1. The minimum absolute atomic E-state index is 0.236. The average molecular weight is 287 g/mol. The highest BCUT2D eigenvalue weighted by atomic mass is 35.5. The number of nitrogens with zero attached hydrogens (tertiary/aromatic N) is 1. The summed E-state index contributed by atoms with van der Waals surface area (Å²) in [4.78, 5) is 16.4. The van der Waals surface area contributed by atoms with E-state index in [0.29, 0.717) is 33.3 Å². The van der Waals surface area contributed by atoms with Crippen LogP contribution in [0.4, 0.5) is 5.69 Å². The summed E-state index contributed by atoms with van der Waals surface area (Å²) >= 11 is 6.01. The van der Waals surface area contributed by atoms with E-state index in [4.69, 9.17) is 16.0 Å². The number of hydrogen-bond acceptors (Lipinski definition) is 3. The Balaban J connectivity index is 1.90. The first-order chi connectivity index (χ1) is 9.63. The molecule has 0 aliphatic heterocycles. The third-order valence-electron chi connectivity index (χ3n) is 2.88. The summed E-state index contributed by atoms with van der Waals surface area (Å²) in [7, 11) is 0. The molecule has 0 aliphatic rings. The number of para-hydroxylation sites is 1. The molecule has 1 aromatic heterocycles. The number of hydrogen-bond donors (Lipinski definition) is 1. The monoisotopic (exact) mass is 286 g/mol. The van der Waals surface area contributed by atoms with E-state index in [1.54, 1.807) is 37.3 Å². The van der Waals surface area contributed by atoms with E-state index >= 15 is 0 Å². The summed E-state index contributed by atoms with van der Waals surface area (Å²) in [5, 5.41) is 3.27. The Bertz CT molecular complexity index is 795. The lowest BCUT2D eigenvalue weighted by Gasteiger charge is -2.06. The quantitative estimate of drug-likeness (QED) is 0.773. The van der Waals surface area contributed by atoms with Crippen LogP contribution in [0.1, 0.15) is 16.2 Å². The maximum Gasteiger partial charge on any atom is 0.255 e. The van der Waals surface area contributed by atoms with Gasteiger partial charge in [0.15, 0.2) is 11.5 Å². The third kappa shape index (κ3) is 2.38. The van der Waals surface area contributed by atoms with Crippen LogP contribution >= 0.6 is 11.6 Å². The number of aromatic nitrogens is 1. The number of benzene rings is 2. The molecule has 0 unspecified atom stereocenters. The van der Waals surface area contributed by atoms with Gasteiger partial charge in [-0.15, -0.1) is 0 Å². The van der Waals surface area contributed by atoms with Gasteiger partial charge in [-0.25, -0.2) is 4.98 Å². The van der Waals surface area contributed by atoms with Gasteiger partial charge in [-0.2, -0.15) is 0 Å². The molecule has 3 aromatic rings. The highest BCUT2D eigenvalue weighted by molar-refractivity contribution is 6.33. The van der Waals surface area contributed by atoms with Crippen LogP contribution in [0.2, 0.25) is 5.02 Å². The van der Waals surface area contributed by atoms with Crippen LogP contribution < -0.4 is 5.32 Å². The van der Waals surface area contributed by atoms with Crippen molar-refractivity contribution in [3.63, 3.8) is 0 Å². The Hall–Kier alpha value is -2.33. The molecule has 3 rings (SSSR count). The van der Waals surface area contributed by atoms with Crippen LogP contribution in [0.15, 0.2) is 46.9 Å². The summed E-state index contributed by atoms with van der Waals surface area (Å²) in [5.74, 6) is 0.337. The first kappa shape index (κ1) is 12.7. The van der Waals surface area contributed by atoms with Crippen molar-refractivity contribution in [2.75, 3.05) is 5.32 Å². The Morgan fingerprint density at radius 2 is 2.05 bits per heavy atom. The van der Waals surface area contributed by atoms with Gasteiger partial charge in [0.25, 0.3) is 5.91 Å². The maximum atomic E-state index is 12.2. The summed E-state index contributed by atoms with van der Waals surface area (Å²) in [6.45, 7) is 1.77. The molecule has 0 atom stereocenters. The van der Waals surface area contributed by atoms with Gasteiger partial charge in [-0.3, -0.25) is 4.79 Å². The van der Waals surface area contributed by atoms with E-state index in [9.17, 15) is 4.79 Å². The second-order valence-corrected chi connectivity index (χ2v) is 4.76. The van der Waals surface area contributed by atoms with E-state index in [1.807, 2.05) is 12.1 Å². The predicted molar refractivity (Wildman–Crippen MR) is 78.2 cm³/mol. The van der Waals surface area contributed by atoms with Gasteiger partial charge in [-0.1, -0.05) is 23.7 Å². The molecule has 0 radical (unpaired) electrons. The highest BCUT2D eigenvalue weighted by Crippen LogP contribution is 2.22. The van der Waals surface area contributed by atoms with Crippen molar-refractivity contribution in [2.45, 2.75) is 6.92 Å². The van der Waals surface area contributed by atoms with E-state index < -0.39 is 0 Å². The van der Waals surface area contributed by atoms with Gasteiger partial charge in [0.2, 0.25) is 0 Å².